The largest absolute Gasteiger partial charge is 0.343 e. The topological polar surface area (TPSA) is 89.9 Å². The van der Waals surface area contributed by atoms with Crippen LogP contribution in [0.25, 0.3) is 5.69 Å². The molecule has 8 nitrogen and oxygen atoms in total. The molecule has 0 saturated carbocycles. The summed E-state index contributed by atoms with van der Waals surface area (Å²) in [6.07, 6.45) is 2.87. The van der Waals surface area contributed by atoms with Crippen molar-refractivity contribution >= 4 is 5.91 Å². The fraction of sp³-hybridized carbons (Fsp3) is 0.312. The fourth-order valence-corrected chi connectivity index (χ4v) is 3.04. The van der Waals surface area contributed by atoms with Crippen LogP contribution in [-0.2, 0) is 0 Å². The molecule has 3 heterocycles. The third-order valence-electron chi connectivity index (χ3n) is 4.22. The lowest BCUT2D eigenvalue weighted by Crippen LogP contribution is -2.32. The van der Waals surface area contributed by atoms with Crippen molar-refractivity contribution in [3.8, 4) is 5.69 Å². The van der Waals surface area contributed by atoms with Crippen LogP contribution in [0.2, 0.25) is 0 Å². The second-order valence-corrected chi connectivity index (χ2v) is 5.82. The summed E-state index contributed by atoms with van der Waals surface area (Å²) in [4.78, 5) is 22.8. The monoisotopic (exact) mass is 342 g/mol. The first-order valence-corrected chi connectivity index (χ1v) is 7.90. The molecule has 128 valence electrons. The second kappa shape index (κ2) is 6.08. The van der Waals surface area contributed by atoms with E-state index in [2.05, 4.69) is 20.2 Å². The van der Waals surface area contributed by atoms with Crippen LogP contribution in [0.5, 0.6) is 0 Å². The van der Waals surface area contributed by atoms with Crippen LogP contribution in [0.1, 0.15) is 41.2 Å². The van der Waals surface area contributed by atoms with Gasteiger partial charge in [-0.2, -0.15) is 4.98 Å². The van der Waals surface area contributed by atoms with Gasteiger partial charge in [0.05, 0.1) is 11.7 Å². The lowest BCUT2D eigenvalue weighted by Gasteiger charge is -2.20. The number of aryl methyl sites for hydroxylation is 1. The highest BCUT2D eigenvalue weighted by atomic mass is 19.1. The molecule has 25 heavy (non-hydrogen) atoms. The molecular weight excluding hydrogens is 327 g/mol. The van der Waals surface area contributed by atoms with E-state index in [1.807, 2.05) is 0 Å². The molecule has 0 N–H and O–H groups in total. The summed E-state index contributed by atoms with van der Waals surface area (Å²) in [5, 5.41) is 8.14. The maximum absolute atomic E-state index is 13.1. The van der Waals surface area contributed by atoms with Crippen molar-refractivity contribution in [1.29, 1.82) is 0 Å². The average Bonchev–Trinajstić information content (AvgIpc) is 3.35. The molecule has 1 unspecified atom stereocenters. The molecule has 1 amide bonds. The molecule has 1 atom stereocenters. The van der Waals surface area contributed by atoms with Crippen LogP contribution >= 0.6 is 0 Å². The Kier molecular flexibility index (Phi) is 3.75. The van der Waals surface area contributed by atoms with Gasteiger partial charge in [0.25, 0.3) is 5.91 Å². The molecule has 1 aromatic carbocycles. The van der Waals surface area contributed by atoms with Gasteiger partial charge in [-0.3, -0.25) is 4.79 Å². The molecule has 4 rings (SSSR count). The van der Waals surface area contributed by atoms with Gasteiger partial charge in [0.15, 0.2) is 5.82 Å². The molecule has 3 aromatic rings. The molecule has 9 heteroatoms. The number of rotatable bonds is 3. The van der Waals surface area contributed by atoms with E-state index in [1.54, 1.807) is 24.0 Å². The number of carbonyl (C=O) groups is 1. The van der Waals surface area contributed by atoms with Gasteiger partial charge in [-0.25, -0.2) is 14.1 Å². The van der Waals surface area contributed by atoms with Gasteiger partial charge < -0.3 is 9.42 Å². The van der Waals surface area contributed by atoms with Gasteiger partial charge in [0.1, 0.15) is 11.6 Å². The Morgan fingerprint density at radius 3 is 2.84 bits per heavy atom. The molecule has 2 aromatic heterocycles. The molecule has 0 radical (unpaired) electrons. The summed E-state index contributed by atoms with van der Waals surface area (Å²) in [5.41, 5.74) is 0.640. The number of hydrogen-bond donors (Lipinski definition) is 0. The molecule has 0 bridgehead atoms. The maximum atomic E-state index is 13.1. The zero-order valence-electron chi connectivity index (χ0n) is 13.5. The van der Waals surface area contributed by atoms with E-state index in [1.165, 1.54) is 23.2 Å². The first kappa shape index (κ1) is 15.4. The first-order chi connectivity index (χ1) is 12.1. The summed E-state index contributed by atoms with van der Waals surface area (Å²) >= 11 is 0. The molecule has 0 spiro atoms. The van der Waals surface area contributed by atoms with Crippen LogP contribution in [0.3, 0.4) is 0 Å². The van der Waals surface area contributed by atoms with E-state index >= 15 is 0 Å². The van der Waals surface area contributed by atoms with Crippen LogP contribution in [-0.4, -0.2) is 42.3 Å². The third-order valence-corrected chi connectivity index (χ3v) is 4.22. The smallest absolute Gasteiger partial charge is 0.294 e. The zero-order valence-corrected chi connectivity index (χ0v) is 13.5. The van der Waals surface area contributed by atoms with Gasteiger partial charge in [0.2, 0.25) is 12.2 Å². The van der Waals surface area contributed by atoms with Gasteiger partial charge >= 0.3 is 0 Å². The highest BCUT2D eigenvalue weighted by Gasteiger charge is 2.35. The van der Waals surface area contributed by atoms with Crippen molar-refractivity contribution in [3.05, 3.63) is 53.9 Å². The van der Waals surface area contributed by atoms with Crippen molar-refractivity contribution in [1.82, 2.24) is 29.8 Å². The quantitative estimate of drug-likeness (QED) is 0.724. The Morgan fingerprint density at radius 1 is 1.32 bits per heavy atom. The number of amides is 1. The summed E-state index contributed by atoms with van der Waals surface area (Å²) in [6, 6.07) is 5.62. The number of carbonyl (C=O) groups excluding carboxylic acids is 1. The van der Waals surface area contributed by atoms with Crippen LogP contribution < -0.4 is 0 Å². The minimum Gasteiger partial charge on any atom is -0.343 e. The Bertz CT molecular complexity index is 890. The lowest BCUT2D eigenvalue weighted by atomic mass is 10.2. The molecule has 1 aliphatic rings. The second-order valence-electron chi connectivity index (χ2n) is 5.82. The fourth-order valence-electron chi connectivity index (χ4n) is 3.04. The Balaban J connectivity index is 1.62. The molecule has 1 aliphatic heterocycles. The van der Waals surface area contributed by atoms with E-state index in [-0.39, 0.29) is 23.6 Å². The van der Waals surface area contributed by atoms with Crippen molar-refractivity contribution in [2.45, 2.75) is 25.8 Å². The Hall–Kier alpha value is -3.10. The van der Waals surface area contributed by atoms with Gasteiger partial charge in [-0.15, -0.1) is 5.10 Å². The van der Waals surface area contributed by atoms with E-state index in [9.17, 15) is 9.18 Å². The van der Waals surface area contributed by atoms with Crippen LogP contribution in [0.4, 0.5) is 4.39 Å². The SMILES string of the molecule is Cc1nc(C(=O)N2CCCC2c2ncon2)nn1-c1ccc(F)cc1. The lowest BCUT2D eigenvalue weighted by molar-refractivity contribution is 0.0716. The number of benzene rings is 1. The van der Waals surface area contributed by atoms with Gasteiger partial charge in [0, 0.05) is 6.54 Å². The molecular formula is C16H15FN6O2. The predicted molar refractivity (Wildman–Crippen MR) is 83.4 cm³/mol. The number of likely N-dealkylation sites (tertiary alicyclic amines) is 1. The normalized spacial score (nSPS) is 17.2. The number of aromatic nitrogens is 5. The Labute approximate surface area is 142 Å². The predicted octanol–water partition coefficient (Wildman–Crippen LogP) is 2.08. The van der Waals surface area contributed by atoms with E-state index in [4.69, 9.17) is 4.52 Å². The van der Waals surface area contributed by atoms with Crippen molar-refractivity contribution < 1.29 is 13.7 Å². The molecule has 1 fully saturated rings. The average molecular weight is 342 g/mol. The zero-order chi connectivity index (χ0) is 17.4. The Morgan fingerprint density at radius 2 is 2.12 bits per heavy atom. The summed E-state index contributed by atoms with van der Waals surface area (Å²) in [7, 11) is 0. The first-order valence-electron chi connectivity index (χ1n) is 7.90. The third kappa shape index (κ3) is 2.77. The maximum Gasteiger partial charge on any atom is 0.294 e. The highest BCUT2D eigenvalue weighted by molar-refractivity contribution is 5.91. The minimum absolute atomic E-state index is 0.0946. The van der Waals surface area contributed by atoms with Crippen molar-refractivity contribution in [3.63, 3.8) is 0 Å². The summed E-state index contributed by atoms with van der Waals surface area (Å²) in [5.74, 6) is 0.511. The molecule has 1 saturated heterocycles. The van der Waals surface area contributed by atoms with Crippen molar-refractivity contribution in [2.75, 3.05) is 6.54 Å². The van der Waals surface area contributed by atoms with Gasteiger partial charge in [-0.05, 0) is 44.0 Å². The standard InChI is InChI=1S/C16H15FN6O2/c1-10-19-15(20-23(10)12-6-4-11(17)5-7-12)16(24)22-8-2-3-13(22)14-18-9-25-21-14/h4-7,9,13H,2-3,8H2,1H3. The number of hydrogen-bond acceptors (Lipinski definition) is 6. The minimum atomic E-state index is -0.335. The van der Waals surface area contributed by atoms with Crippen LogP contribution in [0.15, 0.2) is 35.2 Å². The van der Waals surface area contributed by atoms with Gasteiger partial charge in [-0.1, -0.05) is 5.16 Å². The van der Waals surface area contributed by atoms with Crippen LogP contribution in [0, 0.1) is 12.7 Å². The highest BCUT2D eigenvalue weighted by Crippen LogP contribution is 2.30. The summed E-state index contributed by atoms with van der Waals surface area (Å²) < 4.78 is 19.4. The number of nitrogens with zero attached hydrogens (tertiary/aromatic N) is 6. The molecule has 0 aliphatic carbocycles. The van der Waals surface area contributed by atoms with Crippen molar-refractivity contribution in [2.24, 2.45) is 0 Å². The number of halogens is 1. The van der Waals surface area contributed by atoms with E-state index in [0.29, 0.717) is 23.9 Å². The van der Waals surface area contributed by atoms with E-state index in [0.717, 1.165) is 12.8 Å². The van der Waals surface area contributed by atoms with E-state index < -0.39 is 0 Å². The summed E-state index contributed by atoms with van der Waals surface area (Å²) in [6.45, 7) is 2.33.